The molecule has 0 amide bonds. The monoisotopic (exact) mass is 458 g/mol. The van der Waals surface area contributed by atoms with E-state index < -0.39 is 18.1 Å². The molecule has 1 aromatic carbocycles. The van der Waals surface area contributed by atoms with Gasteiger partial charge in [0.15, 0.2) is 0 Å². The lowest BCUT2D eigenvalue weighted by molar-refractivity contribution is -0.192. The molecule has 0 aromatic heterocycles. The van der Waals surface area contributed by atoms with E-state index in [9.17, 15) is 18.0 Å². The molecule has 0 saturated carbocycles. The maximum atomic E-state index is 10.8. The molecule has 0 atom stereocenters. The summed E-state index contributed by atoms with van der Waals surface area (Å²) in [4.78, 5) is 24.4. The Morgan fingerprint density at radius 3 is 2.00 bits per heavy atom. The van der Waals surface area contributed by atoms with Crippen LogP contribution in [0, 0.1) is 0 Å². The molecular weight excluding hydrogens is 429 g/mol. The van der Waals surface area contributed by atoms with Crippen LogP contribution in [0.5, 0.6) is 0 Å². The standard InChI is InChI=1S/C19H28N4O2.C2HF3O2/c20-21-13-15-1-3-16(4-2-15)17-5-11-23(12-6-17)18-7-9-22(10-8-18)14-19(24)25;3-2(4,5)1(6)7/h1-4,13,17-18H,5-12,14,20H2,(H,24,25);(H,6,7). The zero-order valence-corrected chi connectivity index (χ0v) is 17.7. The van der Waals surface area contributed by atoms with Crippen LogP contribution in [0.3, 0.4) is 0 Å². The molecule has 1 aromatic rings. The molecule has 3 rings (SSSR count). The molecule has 4 N–H and O–H groups in total. The molecule has 0 unspecified atom stereocenters. The molecule has 8 nitrogen and oxygen atoms in total. The van der Waals surface area contributed by atoms with E-state index in [1.54, 1.807) is 6.21 Å². The van der Waals surface area contributed by atoms with Crippen molar-refractivity contribution in [3.63, 3.8) is 0 Å². The fourth-order valence-electron chi connectivity index (χ4n) is 4.17. The number of alkyl halides is 3. The highest BCUT2D eigenvalue weighted by Gasteiger charge is 2.38. The molecule has 0 spiro atoms. The van der Waals surface area contributed by atoms with Crippen molar-refractivity contribution in [2.75, 3.05) is 32.7 Å². The molecule has 178 valence electrons. The van der Waals surface area contributed by atoms with Gasteiger partial charge in [0.25, 0.3) is 0 Å². The smallest absolute Gasteiger partial charge is 0.480 e. The summed E-state index contributed by atoms with van der Waals surface area (Å²) in [5.74, 6) is 2.35. The van der Waals surface area contributed by atoms with Gasteiger partial charge in [0, 0.05) is 19.1 Å². The topological polar surface area (TPSA) is 119 Å². The van der Waals surface area contributed by atoms with Crippen LogP contribution in [0.2, 0.25) is 0 Å². The number of carboxylic acids is 2. The largest absolute Gasteiger partial charge is 0.490 e. The fourth-order valence-corrected chi connectivity index (χ4v) is 4.17. The van der Waals surface area contributed by atoms with Crippen LogP contribution >= 0.6 is 0 Å². The van der Waals surface area contributed by atoms with E-state index >= 15 is 0 Å². The molecule has 2 heterocycles. The van der Waals surface area contributed by atoms with Gasteiger partial charge in [-0.25, -0.2) is 4.79 Å². The molecule has 0 aliphatic carbocycles. The molecule has 11 heteroatoms. The van der Waals surface area contributed by atoms with Gasteiger partial charge < -0.3 is 21.0 Å². The second-order valence-corrected chi connectivity index (χ2v) is 7.96. The average molecular weight is 458 g/mol. The van der Waals surface area contributed by atoms with E-state index in [-0.39, 0.29) is 6.54 Å². The summed E-state index contributed by atoms with van der Waals surface area (Å²) in [7, 11) is 0. The third-order valence-corrected chi connectivity index (χ3v) is 5.84. The van der Waals surface area contributed by atoms with Crippen molar-refractivity contribution in [3.05, 3.63) is 35.4 Å². The number of benzene rings is 1. The number of carbonyl (C=O) groups is 2. The normalized spacial score (nSPS) is 19.5. The average Bonchev–Trinajstić information content (AvgIpc) is 2.75. The van der Waals surface area contributed by atoms with Gasteiger partial charge in [-0.3, -0.25) is 9.69 Å². The van der Waals surface area contributed by atoms with E-state index in [1.807, 2.05) is 0 Å². The minimum atomic E-state index is -5.08. The van der Waals surface area contributed by atoms with Gasteiger partial charge in [0.1, 0.15) is 0 Å². The predicted molar refractivity (Wildman–Crippen MR) is 113 cm³/mol. The van der Waals surface area contributed by atoms with E-state index in [1.165, 1.54) is 18.4 Å². The van der Waals surface area contributed by atoms with Crippen molar-refractivity contribution < 1.29 is 33.0 Å². The highest BCUT2D eigenvalue weighted by molar-refractivity contribution is 5.79. The zero-order chi connectivity index (χ0) is 23.7. The van der Waals surface area contributed by atoms with Gasteiger partial charge in [0.05, 0.1) is 12.8 Å². The molecule has 0 bridgehead atoms. The van der Waals surface area contributed by atoms with Crippen molar-refractivity contribution >= 4 is 18.2 Å². The lowest BCUT2D eigenvalue weighted by atomic mass is 9.87. The molecule has 2 fully saturated rings. The summed E-state index contributed by atoms with van der Waals surface area (Å²) < 4.78 is 31.7. The first kappa shape index (κ1) is 25.6. The van der Waals surface area contributed by atoms with Gasteiger partial charge in [0.2, 0.25) is 0 Å². The Kier molecular flexibility index (Phi) is 9.45. The summed E-state index contributed by atoms with van der Waals surface area (Å²) in [5, 5.41) is 19.6. The van der Waals surface area contributed by atoms with Crippen LogP contribution in [-0.4, -0.2) is 83.1 Å². The maximum absolute atomic E-state index is 10.8. The lowest BCUT2D eigenvalue weighted by Crippen LogP contribution is -2.48. The first-order valence-electron chi connectivity index (χ1n) is 10.4. The van der Waals surface area contributed by atoms with Gasteiger partial charge >= 0.3 is 18.1 Å². The quantitative estimate of drug-likeness (QED) is 0.352. The third kappa shape index (κ3) is 8.12. The number of nitrogens with zero attached hydrogens (tertiary/aromatic N) is 3. The van der Waals surface area contributed by atoms with Crippen LogP contribution in [0.1, 0.15) is 42.7 Å². The van der Waals surface area contributed by atoms with Gasteiger partial charge in [-0.2, -0.15) is 18.3 Å². The second kappa shape index (κ2) is 11.8. The van der Waals surface area contributed by atoms with Crippen LogP contribution < -0.4 is 5.84 Å². The van der Waals surface area contributed by atoms with Crippen LogP contribution in [0.25, 0.3) is 0 Å². The van der Waals surface area contributed by atoms with Crippen LogP contribution in [0.4, 0.5) is 13.2 Å². The molecule has 0 radical (unpaired) electrons. The van der Waals surface area contributed by atoms with E-state index in [4.69, 9.17) is 20.9 Å². The second-order valence-electron chi connectivity index (χ2n) is 7.96. The predicted octanol–water partition coefficient (Wildman–Crippen LogP) is 2.34. The van der Waals surface area contributed by atoms with Crippen molar-refractivity contribution in [1.82, 2.24) is 9.80 Å². The van der Waals surface area contributed by atoms with Crippen LogP contribution in [-0.2, 0) is 9.59 Å². The maximum Gasteiger partial charge on any atom is 0.490 e. The number of halogens is 3. The summed E-state index contributed by atoms with van der Waals surface area (Å²) in [6.07, 6.45) is 1.15. The number of piperidine rings is 2. The number of hydrogen-bond acceptors (Lipinski definition) is 6. The lowest BCUT2D eigenvalue weighted by Gasteiger charge is -2.41. The number of carboxylic acid groups (broad SMARTS) is 2. The van der Waals surface area contributed by atoms with Gasteiger partial charge in [-0.1, -0.05) is 24.3 Å². The highest BCUT2D eigenvalue weighted by Crippen LogP contribution is 2.30. The van der Waals surface area contributed by atoms with Crippen LogP contribution in [0.15, 0.2) is 29.4 Å². The van der Waals surface area contributed by atoms with E-state index in [0.717, 1.165) is 44.6 Å². The summed E-state index contributed by atoms with van der Waals surface area (Å²) in [6, 6.07) is 9.17. The molecule has 2 aliphatic rings. The summed E-state index contributed by atoms with van der Waals surface area (Å²) >= 11 is 0. The Morgan fingerprint density at radius 1 is 1.03 bits per heavy atom. The first-order valence-corrected chi connectivity index (χ1v) is 10.4. The number of hydrazone groups is 1. The fraction of sp³-hybridized carbons (Fsp3) is 0.571. The Hall–Kier alpha value is -2.66. The zero-order valence-electron chi connectivity index (χ0n) is 17.7. The Balaban J connectivity index is 0.000000451. The molecular formula is C21H29F3N4O4. The van der Waals surface area contributed by atoms with Crippen molar-refractivity contribution in [1.29, 1.82) is 0 Å². The number of hydrogen-bond donors (Lipinski definition) is 3. The van der Waals surface area contributed by atoms with E-state index in [0.29, 0.717) is 12.0 Å². The Morgan fingerprint density at radius 2 is 1.56 bits per heavy atom. The molecule has 2 aliphatic heterocycles. The van der Waals surface area contributed by atoms with E-state index in [2.05, 4.69) is 39.2 Å². The SMILES string of the molecule is NN=Cc1ccc(C2CCN(C3CCN(CC(=O)O)CC3)CC2)cc1.O=C(O)C(F)(F)F. The number of nitrogens with two attached hydrogens (primary N) is 1. The van der Waals surface area contributed by atoms with Gasteiger partial charge in [-0.15, -0.1) is 0 Å². The molecule has 32 heavy (non-hydrogen) atoms. The Labute approximate surface area is 184 Å². The number of aliphatic carboxylic acids is 2. The summed E-state index contributed by atoms with van der Waals surface area (Å²) in [6.45, 7) is 4.27. The van der Waals surface area contributed by atoms with Crippen molar-refractivity contribution in [2.45, 2.75) is 43.8 Å². The third-order valence-electron chi connectivity index (χ3n) is 5.84. The first-order chi connectivity index (χ1) is 15.1. The van der Waals surface area contributed by atoms with Gasteiger partial charge in [-0.05, 0) is 55.8 Å². The number of rotatable bonds is 5. The minimum Gasteiger partial charge on any atom is -0.480 e. The summed E-state index contributed by atoms with van der Waals surface area (Å²) in [5.41, 5.74) is 2.45. The number of likely N-dealkylation sites (tertiary alicyclic amines) is 2. The van der Waals surface area contributed by atoms with Crippen molar-refractivity contribution in [3.8, 4) is 0 Å². The van der Waals surface area contributed by atoms with Crippen molar-refractivity contribution in [2.24, 2.45) is 10.9 Å². The Bertz CT molecular complexity index is 770. The molecule has 2 saturated heterocycles. The minimum absolute atomic E-state index is 0.180. The highest BCUT2D eigenvalue weighted by atomic mass is 19.4.